The fourth-order valence-electron chi connectivity index (χ4n) is 1.80. The minimum atomic E-state index is -3.84. The average molecular weight is 511 g/mol. The van der Waals surface area contributed by atoms with E-state index < -0.39 is 78.3 Å². The van der Waals surface area contributed by atoms with E-state index in [9.17, 15) is 34.4 Å². The largest absolute Gasteiger partial charge is 0.455 e. The Morgan fingerprint density at radius 1 is 0.759 bits per heavy atom. The van der Waals surface area contributed by atoms with Gasteiger partial charge in [-0.15, -0.1) is 0 Å². The number of hydrogen-bond acceptors (Lipinski definition) is 7. The Morgan fingerprint density at radius 2 is 1.07 bits per heavy atom. The van der Waals surface area contributed by atoms with E-state index in [-0.39, 0.29) is 13.2 Å². The lowest BCUT2D eigenvalue weighted by Gasteiger charge is -2.18. The van der Waals surface area contributed by atoms with E-state index in [1.54, 1.807) is 0 Å². The number of ether oxygens (including phenoxy) is 3. The first kappa shape index (κ1) is 28.4. The SMILES string of the molecule is CC(CC(OC(CC(C)OCCS(=O)(=O)Cl)=C(F)F)=C(F)F)OCCS(=O)(=O)Cl. The van der Waals surface area contributed by atoms with Crippen LogP contribution in [0.5, 0.6) is 0 Å². The Bertz CT molecular complexity index is 727. The van der Waals surface area contributed by atoms with Crippen LogP contribution >= 0.6 is 21.4 Å². The van der Waals surface area contributed by atoms with Crippen molar-refractivity contribution in [3.63, 3.8) is 0 Å². The van der Waals surface area contributed by atoms with Crippen LogP contribution in [0, 0.1) is 0 Å². The van der Waals surface area contributed by atoms with E-state index in [1.807, 2.05) is 0 Å². The van der Waals surface area contributed by atoms with Crippen molar-refractivity contribution in [2.24, 2.45) is 0 Å². The van der Waals surface area contributed by atoms with Crippen LogP contribution in [-0.4, -0.2) is 53.8 Å². The zero-order valence-electron chi connectivity index (χ0n) is 15.3. The van der Waals surface area contributed by atoms with Crippen LogP contribution < -0.4 is 0 Å². The average Bonchev–Trinajstić information content (AvgIpc) is 2.50. The minimum absolute atomic E-state index is 0.386. The number of hydrogen-bond donors (Lipinski definition) is 0. The maximum Gasteiger partial charge on any atom is 0.308 e. The predicted molar refractivity (Wildman–Crippen MR) is 98.9 cm³/mol. The smallest absolute Gasteiger partial charge is 0.308 e. The molecule has 0 saturated heterocycles. The fraction of sp³-hybridized carbons (Fsp3) is 0.714. The Morgan fingerprint density at radius 3 is 1.31 bits per heavy atom. The topological polar surface area (TPSA) is 96.0 Å². The van der Waals surface area contributed by atoms with Gasteiger partial charge in [0.1, 0.15) is 0 Å². The van der Waals surface area contributed by atoms with E-state index in [4.69, 9.17) is 30.8 Å². The Kier molecular flexibility index (Phi) is 12.7. The first-order valence-corrected chi connectivity index (χ1v) is 12.9. The zero-order valence-corrected chi connectivity index (χ0v) is 18.5. The maximum absolute atomic E-state index is 13.1. The summed E-state index contributed by atoms with van der Waals surface area (Å²) in [5.41, 5.74) is 0. The van der Waals surface area contributed by atoms with Crippen molar-refractivity contribution in [2.45, 2.75) is 38.9 Å². The van der Waals surface area contributed by atoms with Crippen molar-refractivity contribution in [1.29, 1.82) is 0 Å². The van der Waals surface area contributed by atoms with Gasteiger partial charge in [0.2, 0.25) is 18.1 Å². The summed E-state index contributed by atoms with van der Waals surface area (Å²) >= 11 is 0. The third kappa shape index (κ3) is 15.8. The van der Waals surface area contributed by atoms with Crippen molar-refractivity contribution < 1.29 is 48.6 Å². The monoisotopic (exact) mass is 510 g/mol. The molecule has 29 heavy (non-hydrogen) atoms. The second-order valence-corrected chi connectivity index (χ2v) is 11.5. The number of halogens is 6. The van der Waals surface area contributed by atoms with Crippen molar-refractivity contribution in [1.82, 2.24) is 0 Å². The molecule has 0 aromatic rings. The van der Waals surface area contributed by atoms with Crippen LogP contribution in [-0.2, 0) is 32.3 Å². The van der Waals surface area contributed by atoms with Crippen molar-refractivity contribution in [3.8, 4) is 0 Å². The zero-order chi connectivity index (χ0) is 22.8. The third-order valence-corrected chi connectivity index (χ3v) is 5.31. The van der Waals surface area contributed by atoms with Gasteiger partial charge in [-0.1, -0.05) is 0 Å². The Hall–Kier alpha value is -0.600. The standard InChI is InChI=1S/C14H20Cl2F4O7S2/c1-9(25-3-5-28(15,21)22)7-11(13(17)18)27-12(14(19)20)8-10(2)26-4-6-29(16,23)24/h9-10H,3-8H2,1-2H3. The molecule has 0 rings (SSSR count). The lowest BCUT2D eigenvalue weighted by Crippen LogP contribution is -2.18. The molecule has 0 aliphatic carbocycles. The van der Waals surface area contributed by atoms with Gasteiger partial charge in [0.15, 0.2) is 11.5 Å². The van der Waals surface area contributed by atoms with Crippen molar-refractivity contribution >= 4 is 39.5 Å². The van der Waals surface area contributed by atoms with Gasteiger partial charge in [0, 0.05) is 34.2 Å². The molecule has 2 atom stereocenters. The lowest BCUT2D eigenvalue weighted by atomic mass is 10.2. The molecule has 172 valence electrons. The molecule has 0 bridgehead atoms. The molecule has 15 heteroatoms. The molecular weight excluding hydrogens is 491 g/mol. The molecule has 7 nitrogen and oxygen atoms in total. The molecule has 0 aliphatic rings. The van der Waals surface area contributed by atoms with E-state index >= 15 is 0 Å². The lowest BCUT2D eigenvalue weighted by molar-refractivity contribution is 0.0507. The van der Waals surface area contributed by atoms with Crippen LogP contribution in [0.3, 0.4) is 0 Å². The Labute approximate surface area is 175 Å². The molecule has 0 aromatic carbocycles. The van der Waals surface area contributed by atoms with E-state index in [0.717, 1.165) is 0 Å². The van der Waals surface area contributed by atoms with Gasteiger partial charge in [0.05, 0.1) is 36.9 Å². The van der Waals surface area contributed by atoms with Gasteiger partial charge < -0.3 is 14.2 Å². The molecule has 0 heterocycles. The highest BCUT2D eigenvalue weighted by Crippen LogP contribution is 2.26. The van der Waals surface area contributed by atoms with Gasteiger partial charge in [-0.3, -0.25) is 0 Å². The highest BCUT2D eigenvalue weighted by Gasteiger charge is 2.21. The molecule has 0 aromatic heterocycles. The van der Waals surface area contributed by atoms with Gasteiger partial charge in [-0.05, 0) is 13.8 Å². The van der Waals surface area contributed by atoms with Crippen LogP contribution in [0.4, 0.5) is 17.6 Å². The summed E-state index contributed by atoms with van der Waals surface area (Å²) in [5, 5.41) is 0. The second kappa shape index (κ2) is 13.0. The van der Waals surface area contributed by atoms with Crippen LogP contribution in [0.2, 0.25) is 0 Å². The van der Waals surface area contributed by atoms with Crippen LogP contribution in [0.1, 0.15) is 26.7 Å². The number of rotatable bonds is 14. The predicted octanol–water partition coefficient (Wildman–Crippen LogP) is 3.95. The summed E-state index contributed by atoms with van der Waals surface area (Å²) < 4.78 is 110. The quantitative estimate of drug-likeness (QED) is 0.198. The third-order valence-electron chi connectivity index (χ3n) is 3.07. The maximum atomic E-state index is 13.1. The second-order valence-electron chi connectivity index (χ2n) is 5.73. The van der Waals surface area contributed by atoms with Gasteiger partial charge >= 0.3 is 12.2 Å². The van der Waals surface area contributed by atoms with Crippen LogP contribution in [0.15, 0.2) is 23.7 Å². The first-order chi connectivity index (χ1) is 13.1. The van der Waals surface area contributed by atoms with E-state index in [0.29, 0.717) is 0 Å². The van der Waals surface area contributed by atoms with Crippen molar-refractivity contribution in [2.75, 3.05) is 24.7 Å². The van der Waals surface area contributed by atoms with Gasteiger partial charge in [-0.2, -0.15) is 17.6 Å². The summed E-state index contributed by atoms with van der Waals surface area (Å²) in [5.74, 6) is -3.31. The van der Waals surface area contributed by atoms with Gasteiger partial charge in [-0.25, -0.2) is 16.8 Å². The van der Waals surface area contributed by atoms with Gasteiger partial charge in [0.25, 0.3) is 0 Å². The molecular formula is C14H20Cl2F4O7S2. The molecule has 0 amide bonds. The Balaban J connectivity index is 4.87. The fourth-order valence-corrected chi connectivity index (χ4v) is 2.77. The highest BCUT2D eigenvalue weighted by molar-refractivity contribution is 8.14. The summed E-state index contributed by atoms with van der Waals surface area (Å²) in [7, 11) is 2.29. The molecule has 0 saturated carbocycles. The normalized spacial score (nSPS) is 14.2. The molecule has 0 fully saturated rings. The summed E-state index contributed by atoms with van der Waals surface area (Å²) in [6, 6.07) is 0. The highest BCUT2D eigenvalue weighted by atomic mass is 35.7. The first-order valence-electron chi connectivity index (χ1n) is 7.94. The molecule has 0 spiro atoms. The van der Waals surface area contributed by atoms with Crippen molar-refractivity contribution in [3.05, 3.63) is 23.7 Å². The molecule has 0 aliphatic heterocycles. The van der Waals surface area contributed by atoms with E-state index in [1.165, 1.54) is 13.8 Å². The summed E-state index contributed by atoms with van der Waals surface area (Å²) in [4.78, 5) is 0. The molecule has 0 N–H and O–H groups in total. The van der Waals surface area contributed by atoms with E-state index in [2.05, 4.69) is 4.74 Å². The van der Waals surface area contributed by atoms with Crippen LogP contribution in [0.25, 0.3) is 0 Å². The summed E-state index contributed by atoms with van der Waals surface area (Å²) in [6.45, 7) is 1.84. The molecule has 2 unspecified atom stereocenters. The minimum Gasteiger partial charge on any atom is -0.455 e. The molecule has 0 radical (unpaired) electrons. The summed E-state index contributed by atoms with van der Waals surface area (Å²) in [6.07, 6.45) is -7.97.